The predicted molar refractivity (Wildman–Crippen MR) is 67.5 cm³/mol. The Hall–Kier alpha value is -1.49. The molecule has 6 heteroatoms. The summed E-state index contributed by atoms with van der Waals surface area (Å²) in [5.41, 5.74) is 5.41. The van der Waals surface area contributed by atoms with Crippen LogP contribution in [0.25, 0.3) is 0 Å². The first-order valence-electron chi connectivity index (χ1n) is 5.62. The monoisotopic (exact) mass is 272 g/mol. The number of ether oxygens (including phenoxy) is 2. The van der Waals surface area contributed by atoms with E-state index in [4.69, 9.17) is 26.8 Å². The molecule has 0 spiro atoms. The fraction of sp³-hybridized carbons (Fsp3) is 0.417. The summed E-state index contributed by atoms with van der Waals surface area (Å²) in [5.74, 6) is -0.0481. The molecule has 1 aliphatic heterocycles. The Morgan fingerprint density at radius 2 is 2.44 bits per heavy atom. The molecule has 2 N–H and O–H groups in total. The molecular formula is C12H14ClFN2O2. The summed E-state index contributed by atoms with van der Waals surface area (Å²) in [4.78, 5) is 4.10. The van der Waals surface area contributed by atoms with Crippen LogP contribution in [0.4, 0.5) is 4.39 Å². The number of nitrogens with two attached hydrogens (primary N) is 1. The summed E-state index contributed by atoms with van der Waals surface area (Å²) in [6.45, 7) is 2.35. The van der Waals surface area contributed by atoms with Crippen LogP contribution in [-0.2, 0) is 4.74 Å². The van der Waals surface area contributed by atoms with Crippen LogP contribution in [0, 0.1) is 5.82 Å². The maximum Gasteiger partial charge on any atom is 0.282 e. The lowest BCUT2D eigenvalue weighted by atomic mass is 10.1. The van der Waals surface area contributed by atoms with Gasteiger partial charge in [0.1, 0.15) is 18.2 Å². The molecule has 0 aromatic heterocycles. The third-order valence-electron chi connectivity index (χ3n) is 2.57. The standard InChI is InChI=1S/C12H14ClFN2O2/c1-7(4-8-6-17-12(15)16-8)18-9-2-3-10(13)11(14)5-9/h2-3,5,7-8H,4,6H2,1H3,(H2,15,16)/t7-,8-/m0/s1. The molecular weight excluding hydrogens is 259 g/mol. The van der Waals surface area contributed by atoms with Gasteiger partial charge in [0.25, 0.3) is 6.02 Å². The van der Waals surface area contributed by atoms with E-state index in [0.29, 0.717) is 18.8 Å². The predicted octanol–water partition coefficient (Wildman–Crippen LogP) is 2.35. The van der Waals surface area contributed by atoms with E-state index in [1.54, 1.807) is 6.07 Å². The lowest BCUT2D eigenvalue weighted by Crippen LogP contribution is -2.20. The van der Waals surface area contributed by atoms with E-state index >= 15 is 0 Å². The van der Waals surface area contributed by atoms with Gasteiger partial charge in [0.2, 0.25) is 0 Å². The first-order valence-corrected chi connectivity index (χ1v) is 6.00. The molecule has 0 aliphatic carbocycles. The SMILES string of the molecule is C[C@@H](C[C@H]1COC(N)=N1)Oc1ccc(Cl)c(F)c1. The van der Waals surface area contributed by atoms with Crippen molar-refractivity contribution >= 4 is 17.6 Å². The molecule has 4 nitrogen and oxygen atoms in total. The van der Waals surface area contributed by atoms with Crippen molar-refractivity contribution < 1.29 is 13.9 Å². The van der Waals surface area contributed by atoms with Gasteiger partial charge in [-0.2, -0.15) is 0 Å². The van der Waals surface area contributed by atoms with Crippen molar-refractivity contribution in [1.29, 1.82) is 0 Å². The Morgan fingerprint density at radius 1 is 1.67 bits per heavy atom. The average Bonchev–Trinajstić information content (AvgIpc) is 2.69. The minimum absolute atomic E-state index is 0.00264. The number of rotatable bonds is 4. The summed E-state index contributed by atoms with van der Waals surface area (Å²) >= 11 is 5.59. The van der Waals surface area contributed by atoms with Crippen LogP contribution in [0.2, 0.25) is 5.02 Å². The molecule has 0 saturated carbocycles. The van der Waals surface area contributed by atoms with Gasteiger partial charge in [0.05, 0.1) is 17.2 Å². The third kappa shape index (κ3) is 3.26. The van der Waals surface area contributed by atoms with Gasteiger partial charge < -0.3 is 15.2 Å². The number of halogens is 2. The lowest BCUT2D eigenvalue weighted by Gasteiger charge is -2.16. The third-order valence-corrected chi connectivity index (χ3v) is 2.87. The smallest absolute Gasteiger partial charge is 0.282 e. The van der Waals surface area contributed by atoms with E-state index in [1.165, 1.54) is 12.1 Å². The maximum atomic E-state index is 13.2. The Kier molecular flexibility index (Phi) is 3.91. The Morgan fingerprint density at radius 3 is 3.06 bits per heavy atom. The molecule has 1 aromatic carbocycles. The zero-order valence-electron chi connectivity index (χ0n) is 9.90. The fourth-order valence-electron chi connectivity index (χ4n) is 1.77. The van der Waals surface area contributed by atoms with Crippen molar-refractivity contribution in [2.24, 2.45) is 10.7 Å². The van der Waals surface area contributed by atoms with Crippen LogP contribution in [0.15, 0.2) is 23.2 Å². The molecule has 0 bridgehead atoms. The summed E-state index contributed by atoms with van der Waals surface area (Å²) < 4.78 is 23.8. The number of hydrogen-bond donors (Lipinski definition) is 1. The van der Waals surface area contributed by atoms with Crippen LogP contribution in [0.3, 0.4) is 0 Å². The molecule has 1 heterocycles. The van der Waals surface area contributed by atoms with Crippen molar-refractivity contribution in [3.05, 3.63) is 29.0 Å². The molecule has 1 aromatic rings. The second-order valence-corrected chi connectivity index (χ2v) is 4.58. The number of aliphatic imine (C=N–C) groups is 1. The summed E-state index contributed by atoms with van der Waals surface area (Å²) in [6.07, 6.45) is 0.541. The van der Waals surface area contributed by atoms with E-state index in [9.17, 15) is 4.39 Å². The van der Waals surface area contributed by atoms with Crippen LogP contribution < -0.4 is 10.5 Å². The lowest BCUT2D eigenvalue weighted by molar-refractivity contribution is 0.189. The molecule has 2 atom stereocenters. The number of hydrogen-bond acceptors (Lipinski definition) is 4. The molecule has 98 valence electrons. The molecule has 0 amide bonds. The largest absolute Gasteiger partial charge is 0.491 e. The zero-order valence-corrected chi connectivity index (χ0v) is 10.7. The molecule has 0 radical (unpaired) electrons. The average molecular weight is 273 g/mol. The first kappa shape index (κ1) is 13.0. The highest BCUT2D eigenvalue weighted by molar-refractivity contribution is 6.30. The van der Waals surface area contributed by atoms with E-state index in [-0.39, 0.29) is 23.2 Å². The molecule has 2 rings (SSSR count). The summed E-state index contributed by atoms with van der Waals surface area (Å²) in [7, 11) is 0. The quantitative estimate of drug-likeness (QED) is 0.915. The first-order chi connectivity index (χ1) is 8.54. The van der Waals surface area contributed by atoms with Crippen LogP contribution in [-0.4, -0.2) is 24.8 Å². The van der Waals surface area contributed by atoms with E-state index in [2.05, 4.69) is 4.99 Å². The van der Waals surface area contributed by atoms with Gasteiger partial charge >= 0.3 is 0 Å². The highest BCUT2D eigenvalue weighted by Gasteiger charge is 2.20. The topological polar surface area (TPSA) is 56.8 Å². The van der Waals surface area contributed by atoms with Gasteiger partial charge in [-0.05, 0) is 19.1 Å². The number of amidine groups is 1. The normalized spacial score (nSPS) is 20.2. The second-order valence-electron chi connectivity index (χ2n) is 4.17. The minimum atomic E-state index is -0.493. The second kappa shape index (κ2) is 5.44. The van der Waals surface area contributed by atoms with Crippen LogP contribution >= 0.6 is 11.6 Å². The zero-order chi connectivity index (χ0) is 13.1. The molecule has 0 unspecified atom stereocenters. The Bertz CT molecular complexity index is 467. The maximum absolute atomic E-state index is 13.2. The van der Waals surface area contributed by atoms with Gasteiger partial charge in [0, 0.05) is 12.5 Å². The van der Waals surface area contributed by atoms with E-state index < -0.39 is 5.82 Å². The summed E-state index contributed by atoms with van der Waals surface area (Å²) in [5, 5.41) is 0.0802. The molecule has 0 fully saturated rings. The van der Waals surface area contributed by atoms with Gasteiger partial charge in [-0.1, -0.05) is 11.6 Å². The van der Waals surface area contributed by atoms with Crippen molar-refractivity contribution in [3.8, 4) is 5.75 Å². The molecule has 18 heavy (non-hydrogen) atoms. The van der Waals surface area contributed by atoms with Gasteiger partial charge in [-0.3, -0.25) is 0 Å². The summed E-state index contributed by atoms with van der Waals surface area (Å²) in [6, 6.07) is 4.57. The highest BCUT2D eigenvalue weighted by atomic mass is 35.5. The van der Waals surface area contributed by atoms with Crippen molar-refractivity contribution in [3.63, 3.8) is 0 Å². The Labute approximate surface area is 110 Å². The number of benzene rings is 1. The minimum Gasteiger partial charge on any atom is -0.491 e. The van der Waals surface area contributed by atoms with E-state index in [1.807, 2.05) is 6.92 Å². The van der Waals surface area contributed by atoms with Crippen LogP contribution in [0.5, 0.6) is 5.75 Å². The van der Waals surface area contributed by atoms with Gasteiger partial charge in [-0.25, -0.2) is 9.38 Å². The van der Waals surface area contributed by atoms with Crippen LogP contribution in [0.1, 0.15) is 13.3 Å². The van der Waals surface area contributed by atoms with Gasteiger partial charge in [-0.15, -0.1) is 0 Å². The molecule has 1 aliphatic rings. The van der Waals surface area contributed by atoms with Crippen molar-refractivity contribution in [1.82, 2.24) is 0 Å². The van der Waals surface area contributed by atoms with Crippen molar-refractivity contribution in [2.75, 3.05) is 6.61 Å². The van der Waals surface area contributed by atoms with Gasteiger partial charge in [0.15, 0.2) is 0 Å². The van der Waals surface area contributed by atoms with Crippen molar-refractivity contribution in [2.45, 2.75) is 25.5 Å². The molecule has 0 saturated heterocycles. The fourth-order valence-corrected chi connectivity index (χ4v) is 1.89. The van der Waals surface area contributed by atoms with E-state index in [0.717, 1.165) is 0 Å². The number of nitrogens with zero attached hydrogens (tertiary/aromatic N) is 1. The highest BCUT2D eigenvalue weighted by Crippen LogP contribution is 2.22. The Balaban J connectivity index is 1.90.